The molecule has 1 saturated heterocycles. The molecule has 3 nitrogen and oxygen atoms in total. The summed E-state index contributed by atoms with van der Waals surface area (Å²) >= 11 is 0. The first kappa shape index (κ1) is 6.93. The first-order chi connectivity index (χ1) is 4.14. The largest absolute Gasteiger partial charge is 0.323 e. The molecule has 0 aromatic carbocycles. The van der Waals surface area contributed by atoms with Gasteiger partial charge in [-0.25, -0.2) is 0 Å². The summed E-state index contributed by atoms with van der Waals surface area (Å²) in [5.74, 6) is 2.28. The summed E-state index contributed by atoms with van der Waals surface area (Å²) in [4.78, 5) is 0. The van der Waals surface area contributed by atoms with Crippen LogP contribution < -0.4 is 0 Å². The van der Waals surface area contributed by atoms with Gasteiger partial charge in [0.15, 0.2) is 0 Å². The van der Waals surface area contributed by atoms with Crippen molar-refractivity contribution in [2.75, 3.05) is 6.61 Å². The van der Waals surface area contributed by atoms with E-state index < -0.39 is 9.15 Å². The highest BCUT2D eigenvalue weighted by Crippen LogP contribution is 2.27. The van der Waals surface area contributed by atoms with Gasteiger partial charge >= 0.3 is 9.15 Å². The molecule has 9 heavy (non-hydrogen) atoms. The van der Waals surface area contributed by atoms with E-state index in [1.165, 1.54) is 0 Å². The fraction of sp³-hybridized carbons (Fsp3) is 0.500. The van der Waals surface area contributed by atoms with Gasteiger partial charge in [-0.15, -0.1) is 6.42 Å². The maximum absolute atomic E-state index is 10.4. The molecule has 1 fully saturated rings. The van der Waals surface area contributed by atoms with E-state index in [0.29, 0.717) is 10.8 Å². The molecular weight excluding hydrogens is 160 g/mol. The van der Waals surface area contributed by atoms with Crippen LogP contribution in [0.5, 0.6) is 0 Å². The van der Waals surface area contributed by atoms with E-state index in [4.69, 9.17) is 6.42 Å². The van der Waals surface area contributed by atoms with Crippen LogP contribution >= 0.6 is 10.8 Å². The van der Waals surface area contributed by atoms with Gasteiger partial charge in [-0.1, -0.05) is 5.92 Å². The Morgan fingerprint density at radius 1 is 1.78 bits per heavy atom. The minimum Gasteiger partial charge on any atom is -0.260 e. The van der Waals surface area contributed by atoms with E-state index in [1.54, 1.807) is 0 Å². The van der Waals surface area contributed by atoms with Crippen LogP contribution in [0.3, 0.4) is 0 Å². The van der Waals surface area contributed by atoms with Gasteiger partial charge in [0.05, 0.1) is 6.61 Å². The summed E-state index contributed by atoms with van der Waals surface area (Å²) in [6.45, 7) is 0.115. The van der Waals surface area contributed by atoms with Crippen molar-refractivity contribution in [3.05, 3.63) is 0 Å². The number of hydrogen-bond donors (Lipinski definition) is 0. The Labute approximate surface area is 57.3 Å². The predicted molar refractivity (Wildman–Crippen MR) is 35.1 cm³/mol. The van der Waals surface area contributed by atoms with E-state index >= 15 is 0 Å². The Morgan fingerprint density at radius 2 is 2.44 bits per heavy atom. The number of rotatable bonds is 0. The smallest absolute Gasteiger partial charge is 0.260 e. The Hall–Kier alpha value is -0.180. The first-order valence-electron chi connectivity index (χ1n) is 2.18. The first-order valence-corrected chi connectivity index (χ1v) is 4.98. The van der Waals surface area contributed by atoms with E-state index in [1.807, 2.05) is 0 Å². The summed E-state index contributed by atoms with van der Waals surface area (Å²) in [6.07, 6.45) is 4.94. The lowest BCUT2D eigenvalue weighted by Crippen LogP contribution is -1.96. The van der Waals surface area contributed by atoms with Crippen molar-refractivity contribution in [2.24, 2.45) is 0 Å². The van der Waals surface area contributed by atoms with Crippen molar-refractivity contribution < 1.29 is 12.6 Å². The second-order valence-electron chi connectivity index (χ2n) is 1.44. The zero-order valence-electron chi connectivity index (χ0n) is 4.40. The molecule has 1 atom stereocenters. The van der Waals surface area contributed by atoms with Crippen molar-refractivity contribution >= 4 is 19.9 Å². The van der Waals surface area contributed by atoms with Crippen molar-refractivity contribution in [2.45, 2.75) is 5.25 Å². The maximum Gasteiger partial charge on any atom is 0.323 e. The average molecular weight is 164 g/mol. The van der Waals surface area contributed by atoms with Crippen molar-refractivity contribution in [1.82, 2.24) is 0 Å². The van der Waals surface area contributed by atoms with Gasteiger partial charge in [-0.3, -0.25) is 4.18 Å². The summed E-state index contributed by atoms with van der Waals surface area (Å²) < 4.78 is 25.2. The number of terminal acetylenes is 1. The van der Waals surface area contributed by atoms with Gasteiger partial charge in [0, 0.05) is 10.8 Å². The topological polar surface area (TPSA) is 43.4 Å². The molecule has 0 amide bonds. The van der Waals surface area contributed by atoms with Crippen LogP contribution in [0.2, 0.25) is 0 Å². The van der Waals surface area contributed by atoms with Crippen LogP contribution in [0.1, 0.15) is 0 Å². The minimum atomic E-state index is -3.33. The normalized spacial score (nSPS) is 31.7. The second kappa shape index (κ2) is 2.21. The molecule has 0 radical (unpaired) electrons. The molecule has 0 N–H and O–H groups in total. The van der Waals surface area contributed by atoms with Crippen LogP contribution in [0, 0.1) is 12.3 Å². The Morgan fingerprint density at radius 3 is 2.67 bits per heavy atom. The SMILES string of the molecule is C#CC1COS(=O)(=O)S1. The molecule has 0 aliphatic carbocycles. The average Bonchev–Trinajstić information content (AvgIpc) is 2.10. The third-order valence-corrected chi connectivity index (χ3v) is 3.64. The highest BCUT2D eigenvalue weighted by atomic mass is 33.2. The molecule has 1 heterocycles. The van der Waals surface area contributed by atoms with Crippen LogP contribution in [0.25, 0.3) is 0 Å². The molecule has 0 saturated carbocycles. The maximum atomic E-state index is 10.4. The molecule has 0 aromatic rings. The zero-order chi connectivity index (χ0) is 6.91. The molecule has 5 heteroatoms. The van der Waals surface area contributed by atoms with Gasteiger partial charge in [0.25, 0.3) is 0 Å². The third kappa shape index (κ3) is 1.61. The van der Waals surface area contributed by atoms with E-state index in [0.717, 1.165) is 0 Å². The van der Waals surface area contributed by atoms with Crippen LogP contribution in [0.15, 0.2) is 0 Å². The molecule has 0 bridgehead atoms. The van der Waals surface area contributed by atoms with Gasteiger partial charge in [-0.05, 0) is 0 Å². The van der Waals surface area contributed by atoms with Crippen LogP contribution in [-0.2, 0) is 13.3 Å². The summed E-state index contributed by atoms with van der Waals surface area (Å²) in [5, 5.41) is -0.324. The lowest BCUT2D eigenvalue weighted by Gasteiger charge is -1.85. The standard InChI is InChI=1S/C4H4O3S2/c1-2-4-3-7-9(5,6)8-4/h1,4H,3H2. The van der Waals surface area contributed by atoms with Gasteiger partial charge < -0.3 is 0 Å². The van der Waals surface area contributed by atoms with Crippen molar-refractivity contribution in [3.8, 4) is 12.3 Å². The van der Waals surface area contributed by atoms with E-state index in [-0.39, 0.29) is 11.9 Å². The van der Waals surface area contributed by atoms with Crippen LogP contribution in [-0.4, -0.2) is 20.3 Å². The molecule has 50 valence electrons. The summed E-state index contributed by atoms with van der Waals surface area (Å²) in [5.41, 5.74) is 0. The molecule has 0 aromatic heterocycles. The number of hydrogen-bond acceptors (Lipinski definition) is 4. The Kier molecular flexibility index (Phi) is 1.70. The monoisotopic (exact) mass is 164 g/mol. The Bertz CT molecular complexity index is 235. The third-order valence-electron chi connectivity index (χ3n) is 0.784. The van der Waals surface area contributed by atoms with Gasteiger partial charge in [0.2, 0.25) is 0 Å². The second-order valence-corrected chi connectivity index (χ2v) is 5.06. The minimum absolute atomic E-state index is 0.115. The summed E-state index contributed by atoms with van der Waals surface area (Å²) in [7, 11) is -2.65. The van der Waals surface area contributed by atoms with Crippen LogP contribution in [0.4, 0.5) is 0 Å². The van der Waals surface area contributed by atoms with Gasteiger partial charge in [0.1, 0.15) is 5.25 Å². The molecule has 0 spiro atoms. The highest BCUT2D eigenvalue weighted by molar-refractivity contribution is 8.71. The highest BCUT2D eigenvalue weighted by Gasteiger charge is 2.28. The van der Waals surface area contributed by atoms with E-state index in [2.05, 4.69) is 10.1 Å². The lowest BCUT2D eigenvalue weighted by atomic mass is 10.5. The van der Waals surface area contributed by atoms with Crippen molar-refractivity contribution in [3.63, 3.8) is 0 Å². The molecule has 1 aliphatic heterocycles. The van der Waals surface area contributed by atoms with E-state index in [9.17, 15) is 8.42 Å². The Balaban J connectivity index is 2.72. The zero-order valence-corrected chi connectivity index (χ0v) is 6.04. The molecule has 1 rings (SSSR count). The fourth-order valence-electron chi connectivity index (χ4n) is 0.419. The predicted octanol–water partition coefficient (Wildman–Crippen LogP) is -0.00360. The molecular formula is C4H4O3S2. The lowest BCUT2D eigenvalue weighted by molar-refractivity contribution is 0.352. The quantitative estimate of drug-likeness (QED) is 0.373. The van der Waals surface area contributed by atoms with Gasteiger partial charge in [-0.2, -0.15) is 8.42 Å². The van der Waals surface area contributed by atoms with Crippen molar-refractivity contribution in [1.29, 1.82) is 0 Å². The fourth-order valence-corrected chi connectivity index (χ4v) is 2.85. The summed E-state index contributed by atoms with van der Waals surface area (Å²) in [6, 6.07) is 0. The molecule has 1 aliphatic rings. The molecule has 1 unspecified atom stereocenters.